The van der Waals surface area contributed by atoms with E-state index in [2.05, 4.69) is 52.0 Å². The first-order valence-corrected chi connectivity index (χ1v) is 6.93. The zero-order valence-electron chi connectivity index (χ0n) is 9.66. The zero-order chi connectivity index (χ0) is 11.4. The normalized spacial score (nSPS) is 21.9. The SMILES string of the molecule is CC1CN(c2ccc(CBr)cc2)CCCO1. The highest BCUT2D eigenvalue weighted by Gasteiger charge is 2.14. The van der Waals surface area contributed by atoms with Crippen molar-refractivity contribution in [2.75, 3.05) is 24.6 Å². The average Bonchev–Trinajstić information content (AvgIpc) is 2.54. The fourth-order valence-corrected chi connectivity index (χ4v) is 2.40. The van der Waals surface area contributed by atoms with Gasteiger partial charge in [0.05, 0.1) is 6.10 Å². The molecule has 2 nitrogen and oxygen atoms in total. The monoisotopic (exact) mass is 283 g/mol. The molecule has 1 unspecified atom stereocenters. The second-order valence-corrected chi connectivity index (χ2v) is 4.84. The summed E-state index contributed by atoms with van der Waals surface area (Å²) in [7, 11) is 0. The number of anilines is 1. The van der Waals surface area contributed by atoms with Crippen LogP contribution < -0.4 is 4.90 Å². The van der Waals surface area contributed by atoms with E-state index < -0.39 is 0 Å². The van der Waals surface area contributed by atoms with Crippen LogP contribution in [0.25, 0.3) is 0 Å². The molecule has 1 fully saturated rings. The maximum Gasteiger partial charge on any atom is 0.0721 e. The van der Waals surface area contributed by atoms with Crippen LogP contribution in [-0.2, 0) is 10.1 Å². The van der Waals surface area contributed by atoms with Crippen molar-refractivity contribution in [3.05, 3.63) is 29.8 Å². The van der Waals surface area contributed by atoms with E-state index in [0.717, 1.165) is 31.4 Å². The van der Waals surface area contributed by atoms with Crippen LogP contribution in [0.2, 0.25) is 0 Å². The predicted molar refractivity (Wildman–Crippen MR) is 71.3 cm³/mol. The van der Waals surface area contributed by atoms with E-state index in [9.17, 15) is 0 Å². The Morgan fingerprint density at radius 3 is 2.81 bits per heavy atom. The summed E-state index contributed by atoms with van der Waals surface area (Å²) in [6, 6.07) is 8.77. The minimum atomic E-state index is 0.332. The number of hydrogen-bond acceptors (Lipinski definition) is 2. The van der Waals surface area contributed by atoms with Gasteiger partial charge in [0.1, 0.15) is 0 Å². The van der Waals surface area contributed by atoms with Gasteiger partial charge in [0.2, 0.25) is 0 Å². The van der Waals surface area contributed by atoms with E-state index in [1.54, 1.807) is 0 Å². The standard InChI is InChI=1S/C13H18BrNO/c1-11-10-15(7-2-8-16-11)13-5-3-12(9-14)4-6-13/h3-6,11H,2,7-10H2,1H3. The van der Waals surface area contributed by atoms with Gasteiger partial charge in [-0.15, -0.1) is 0 Å². The Morgan fingerprint density at radius 1 is 1.38 bits per heavy atom. The number of ether oxygens (including phenoxy) is 1. The summed E-state index contributed by atoms with van der Waals surface area (Å²) in [4.78, 5) is 2.41. The Kier molecular flexibility index (Phi) is 4.24. The first kappa shape index (κ1) is 11.9. The molecule has 1 aromatic rings. The number of alkyl halides is 1. The van der Waals surface area contributed by atoms with Crippen LogP contribution >= 0.6 is 15.9 Å². The van der Waals surface area contributed by atoms with Gasteiger partial charge in [-0.2, -0.15) is 0 Å². The molecule has 1 saturated heterocycles. The molecule has 16 heavy (non-hydrogen) atoms. The predicted octanol–water partition coefficient (Wildman–Crippen LogP) is 3.20. The van der Waals surface area contributed by atoms with Gasteiger partial charge in [-0.05, 0) is 31.0 Å². The molecular formula is C13H18BrNO. The van der Waals surface area contributed by atoms with E-state index >= 15 is 0 Å². The highest BCUT2D eigenvalue weighted by molar-refractivity contribution is 9.08. The molecule has 0 saturated carbocycles. The summed E-state index contributed by atoms with van der Waals surface area (Å²) < 4.78 is 5.65. The Bertz CT molecular complexity index is 325. The number of hydrogen-bond donors (Lipinski definition) is 0. The number of rotatable bonds is 2. The van der Waals surface area contributed by atoms with Gasteiger partial charge in [0.15, 0.2) is 0 Å². The van der Waals surface area contributed by atoms with E-state index in [-0.39, 0.29) is 0 Å². The molecule has 3 heteroatoms. The van der Waals surface area contributed by atoms with Crippen LogP contribution in [0.3, 0.4) is 0 Å². The lowest BCUT2D eigenvalue weighted by Crippen LogP contribution is -2.29. The average molecular weight is 284 g/mol. The fraction of sp³-hybridized carbons (Fsp3) is 0.538. The molecule has 2 rings (SSSR count). The largest absolute Gasteiger partial charge is 0.377 e. The molecule has 0 bridgehead atoms. The van der Waals surface area contributed by atoms with Crippen LogP contribution in [0.4, 0.5) is 5.69 Å². The van der Waals surface area contributed by atoms with Gasteiger partial charge >= 0.3 is 0 Å². The van der Waals surface area contributed by atoms with Crippen LogP contribution in [0, 0.1) is 0 Å². The van der Waals surface area contributed by atoms with Crippen LogP contribution in [-0.4, -0.2) is 25.8 Å². The van der Waals surface area contributed by atoms with Gasteiger partial charge < -0.3 is 9.64 Å². The maximum atomic E-state index is 5.65. The molecule has 0 spiro atoms. The molecular weight excluding hydrogens is 266 g/mol. The van der Waals surface area contributed by atoms with Crippen LogP contribution in [0.1, 0.15) is 18.9 Å². The number of benzene rings is 1. The Hall–Kier alpha value is -0.540. The molecule has 1 aliphatic heterocycles. The fourth-order valence-electron chi connectivity index (χ4n) is 2.02. The van der Waals surface area contributed by atoms with Crippen molar-refractivity contribution in [3.63, 3.8) is 0 Å². The lowest BCUT2D eigenvalue weighted by molar-refractivity contribution is 0.0821. The number of nitrogens with zero attached hydrogens (tertiary/aromatic N) is 1. The van der Waals surface area contributed by atoms with Crippen LogP contribution in [0.5, 0.6) is 0 Å². The molecule has 88 valence electrons. The quantitative estimate of drug-likeness (QED) is 0.773. The summed E-state index contributed by atoms with van der Waals surface area (Å²) >= 11 is 3.47. The van der Waals surface area contributed by atoms with Crippen molar-refractivity contribution in [3.8, 4) is 0 Å². The molecule has 0 amide bonds. The molecule has 0 N–H and O–H groups in total. The van der Waals surface area contributed by atoms with Crippen molar-refractivity contribution < 1.29 is 4.74 Å². The maximum absolute atomic E-state index is 5.65. The summed E-state index contributed by atoms with van der Waals surface area (Å²) in [6.07, 6.45) is 1.45. The lowest BCUT2D eigenvalue weighted by Gasteiger charge is -2.24. The minimum Gasteiger partial charge on any atom is -0.377 e. The van der Waals surface area contributed by atoms with E-state index in [4.69, 9.17) is 4.74 Å². The lowest BCUT2D eigenvalue weighted by atomic mass is 10.2. The molecule has 1 aliphatic rings. The molecule has 1 aromatic carbocycles. The second-order valence-electron chi connectivity index (χ2n) is 4.28. The van der Waals surface area contributed by atoms with Gasteiger partial charge in [-0.25, -0.2) is 0 Å². The van der Waals surface area contributed by atoms with Crippen molar-refractivity contribution in [2.45, 2.75) is 24.8 Å². The molecule has 0 aromatic heterocycles. The third kappa shape index (κ3) is 2.98. The van der Waals surface area contributed by atoms with Gasteiger partial charge in [0, 0.05) is 30.7 Å². The highest BCUT2D eigenvalue weighted by atomic mass is 79.9. The molecule has 0 aliphatic carbocycles. The Labute approximate surface area is 106 Å². The molecule has 1 heterocycles. The van der Waals surface area contributed by atoms with Gasteiger partial charge in [-0.1, -0.05) is 28.1 Å². The van der Waals surface area contributed by atoms with Gasteiger partial charge in [-0.3, -0.25) is 0 Å². The molecule has 0 radical (unpaired) electrons. The van der Waals surface area contributed by atoms with Crippen molar-refractivity contribution >= 4 is 21.6 Å². The van der Waals surface area contributed by atoms with E-state index in [1.165, 1.54) is 11.3 Å². The van der Waals surface area contributed by atoms with Crippen molar-refractivity contribution in [2.24, 2.45) is 0 Å². The van der Waals surface area contributed by atoms with E-state index in [0.29, 0.717) is 6.10 Å². The van der Waals surface area contributed by atoms with Gasteiger partial charge in [0.25, 0.3) is 0 Å². The molecule has 1 atom stereocenters. The Morgan fingerprint density at radius 2 is 2.12 bits per heavy atom. The van der Waals surface area contributed by atoms with Crippen LogP contribution in [0.15, 0.2) is 24.3 Å². The smallest absolute Gasteiger partial charge is 0.0721 e. The first-order valence-electron chi connectivity index (χ1n) is 5.81. The zero-order valence-corrected chi connectivity index (χ0v) is 11.2. The third-order valence-corrected chi connectivity index (χ3v) is 3.56. The highest BCUT2D eigenvalue weighted by Crippen LogP contribution is 2.19. The topological polar surface area (TPSA) is 12.5 Å². The van der Waals surface area contributed by atoms with E-state index in [1.807, 2.05) is 0 Å². The summed E-state index contributed by atoms with van der Waals surface area (Å²) in [5, 5.41) is 0.923. The first-order chi connectivity index (χ1) is 7.79. The second kappa shape index (κ2) is 5.69. The van der Waals surface area contributed by atoms with Crippen molar-refractivity contribution in [1.82, 2.24) is 0 Å². The Balaban J connectivity index is 2.09. The third-order valence-electron chi connectivity index (χ3n) is 2.91. The summed E-state index contributed by atoms with van der Waals surface area (Å²) in [5.74, 6) is 0. The van der Waals surface area contributed by atoms with Crippen molar-refractivity contribution in [1.29, 1.82) is 0 Å². The minimum absolute atomic E-state index is 0.332. The number of halogens is 1. The summed E-state index contributed by atoms with van der Waals surface area (Å²) in [6.45, 7) is 5.12. The summed E-state index contributed by atoms with van der Waals surface area (Å²) in [5.41, 5.74) is 2.63.